The quantitative estimate of drug-likeness (QED) is 0.772. The molecule has 0 bridgehead atoms. The summed E-state index contributed by atoms with van der Waals surface area (Å²) >= 11 is 11.4. The lowest BCUT2D eigenvalue weighted by atomic mass is 10.3. The zero-order valence-corrected chi connectivity index (χ0v) is 10.2. The second-order valence-corrected chi connectivity index (χ2v) is 3.97. The lowest BCUT2D eigenvalue weighted by Gasteiger charge is -2.09. The van der Waals surface area contributed by atoms with Crippen molar-refractivity contribution < 1.29 is 9.13 Å². The van der Waals surface area contributed by atoms with Gasteiger partial charge < -0.3 is 4.74 Å². The van der Waals surface area contributed by atoms with Crippen LogP contribution >= 0.6 is 23.2 Å². The Labute approximate surface area is 108 Å². The number of alkyl halides is 1. The maximum atomic E-state index is 13.0. The Morgan fingerprint density at radius 3 is 2.82 bits per heavy atom. The first-order valence-electron chi connectivity index (χ1n) is 4.82. The van der Waals surface area contributed by atoms with Crippen LogP contribution in [-0.4, -0.2) is 4.98 Å². The molecule has 0 spiro atoms. The van der Waals surface area contributed by atoms with E-state index in [2.05, 4.69) is 4.98 Å². The molecular weight excluding hydrogens is 264 g/mol. The van der Waals surface area contributed by atoms with Gasteiger partial charge in [-0.05, 0) is 18.2 Å². The minimum Gasteiger partial charge on any atom is -0.457 e. The first kappa shape index (κ1) is 12.1. The topological polar surface area (TPSA) is 22.1 Å². The molecule has 0 saturated heterocycles. The molecule has 0 aliphatic heterocycles. The summed E-state index contributed by atoms with van der Waals surface area (Å²) in [6.07, 6.45) is 3.21. The fraction of sp³-hybridized carbons (Fsp3) is 0.0833. The molecule has 0 fully saturated rings. The Balaban J connectivity index is 2.28. The van der Waals surface area contributed by atoms with Crippen LogP contribution in [0.25, 0.3) is 0 Å². The minimum atomic E-state index is -0.480. The number of hydrogen-bond donors (Lipinski definition) is 0. The van der Waals surface area contributed by atoms with Crippen molar-refractivity contribution in [2.45, 2.75) is 5.88 Å². The highest BCUT2D eigenvalue weighted by molar-refractivity contribution is 6.30. The Morgan fingerprint density at radius 2 is 2.12 bits per heavy atom. The maximum Gasteiger partial charge on any atom is 0.142 e. The molecule has 0 radical (unpaired) electrons. The van der Waals surface area contributed by atoms with Crippen molar-refractivity contribution in [2.75, 3.05) is 0 Å². The van der Waals surface area contributed by atoms with Gasteiger partial charge in [-0.15, -0.1) is 11.6 Å². The SMILES string of the molecule is Fc1ccc(Oc2ccncc2CCl)cc1Cl. The van der Waals surface area contributed by atoms with Crippen LogP contribution in [0.15, 0.2) is 36.7 Å². The molecule has 1 heterocycles. The fourth-order valence-corrected chi connectivity index (χ4v) is 1.65. The van der Waals surface area contributed by atoms with Crippen LogP contribution < -0.4 is 4.74 Å². The van der Waals surface area contributed by atoms with E-state index in [9.17, 15) is 4.39 Å². The van der Waals surface area contributed by atoms with Crippen LogP contribution in [0.1, 0.15) is 5.56 Å². The number of hydrogen-bond acceptors (Lipinski definition) is 2. The lowest BCUT2D eigenvalue weighted by molar-refractivity contribution is 0.475. The van der Waals surface area contributed by atoms with Gasteiger partial charge in [0.15, 0.2) is 0 Å². The fourth-order valence-electron chi connectivity index (χ4n) is 1.28. The van der Waals surface area contributed by atoms with E-state index < -0.39 is 5.82 Å². The van der Waals surface area contributed by atoms with Gasteiger partial charge in [0.1, 0.15) is 17.3 Å². The van der Waals surface area contributed by atoms with E-state index in [4.69, 9.17) is 27.9 Å². The molecule has 0 atom stereocenters. The van der Waals surface area contributed by atoms with Gasteiger partial charge in [-0.2, -0.15) is 0 Å². The van der Waals surface area contributed by atoms with Gasteiger partial charge in [0, 0.05) is 24.0 Å². The molecule has 0 amide bonds. The van der Waals surface area contributed by atoms with Gasteiger partial charge in [-0.3, -0.25) is 4.98 Å². The van der Waals surface area contributed by atoms with Crippen LogP contribution in [0.2, 0.25) is 5.02 Å². The van der Waals surface area contributed by atoms with Gasteiger partial charge in [-0.1, -0.05) is 11.6 Å². The number of ether oxygens (including phenoxy) is 1. The third kappa shape index (κ3) is 2.87. The number of nitrogens with zero attached hydrogens (tertiary/aromatic N) is 1. The molecular formula is C12H8Cl2FNO. The summed E-state index contributed by atoms with van der Waals surface area (Å²) in [6, 6.07) is 5.85. The summed E-state index contributed by atoms with van der Waals surface area (Å²) in [4.78, 5) is 3.94. The first-order chi connectivity index (χ1) is 8.20. The van der Waals surface area contributed by atoms with Crippen molar-refractivity contribution in [1.29, 1.82) is 0 Å². The average Bonchev–Trinajstić information content (AvgIpc) is 2.34. The smallest absolute Gasteiger partial charge is 0.142 e. The van der Waals surface area contributed by atoms with Crippen LogP contribution in [0.3, 0.4) is 0 Å². The highest BCUT2D eigenvalue weighted by Crippen LogP contribution is 2.28. The van der Waals surface area contributed by atoms with Gasteiger partial charge in [0.25, 0.3) is 0 Å². The molecule has 1 aromatic heterocycles. The molecule has 88 valence electrons. The minimum absolute atomic E-state index is 0.0176. The van der Waals surface area contributed by atoms with E-state index in [1.807, 2.05) is 0 Å². The third-order valence-electron chi connectivity index (χ3n) is 2.12. The molecule has 2 aromatic rings. The molecule has 0 aliphatic rings. The predicted octanol–water partition coefficient (Wildman–Crippen LogP) is 4.41. The predicted molar refractivity (Wildman–Crippen MR) is 65.3 cm³/mol. The molecule has 0 saturated carbocycles. The van der Waals surface area contributed by atoms with Gasteiger partial charge in [0.2, 0.25) is 0 Å². The van der Waals surface area contributed by atoms with Crippen molar-refractivity contribution in [3.63, 3.8) is 0 Å². The van der Waals surface area contributed by atoms with Crippen molar-refractivity contribution in [1.82, 2.24) is 4.98 Å². The van der Waals surface area contributed by atoms with Crippen LogP contribution in [0, 0.1) is 5.82 Å². The van der Waals surface area contributed by atoms with Crippen LogP contribution in [0.4, 0.5) is 4.39 Å². The Bertz CT molecular complexity index is 534. The van der Waals surface area contributed by atoms with Crippen molar-refractivity contribution >= 4 is 23.2 Å². The van der Waals surface area contributed by atoms with E-state index in [1.165, 1.54) is 18.2 Å². The largest absolute Gasteiger partial charge is 0.457 e. The standard InChI is InChI=1S/C12H8Cl2FNO/c13-6-8-7-16-4-3-12(8)17-9-1-2-11(15)10(14)5-9/h1-5,7H,6H2. The van der Waals surface area contributed by atoms with Gasteiger partial charge in [0.05, 0.1) is 10.9 Å². The third-order valence-corrected chi connectivity index (χ3v) is 2.70. The summed E-state index contributed by atoms with van der Waals surface area (Å²) in [5.41, 5.74) is 0.759. The maximum absolute atomic E-state index is 13.0. The molecule has 0 aliphatic carbocycles. The first-order valence-corrected chi connectivity index (χ1v) is 5.73. The van der Waals surface area contributed by atoms with E-state index in [0.29, 0.717) is 11.5 Å². The second kappa shape index (κ2) is 5.34. The highest BCUT2D eigenvalue weighted by Gasteiger charge is 2.06. The number of aromatic nitrogens is 1. The second-order valence-electron chi connectivity index (χ2n) is 3.30. The average molecular weight is 272 g/mol. The summed E-state index contributed by atoms with van der Waals surface area (Å²) in [7, 11) is 0. The zero-order valence-electron chi connectivity index (χ0n) is 8.66. The molecule has 17 heavy (non-hydrogen) atoms. The Hall–Kier alpha value is -1.32. The molecule has 2 rings (SSSR count). The lowest BCUT2D eigenvalue weighted by Crippen LogP contribution is -1.91. The summed E-state index contributed by atoms with van der Waals surface area (Å²) in [6.45, 7) is 0. The van der Waals surface area contributed by atoms with Crippen LogP contribution in [0.5, 0.6) is 11.5 Å². The zero-order chi connectivity index (χ0) is 12.3. The van der Waals surface area contributed by atoms with Gasteiger partial charge >= 0.3 is 0 Å². The summed E-state index contributed by atoms with van der Waals surface area (Å²) in [5, 5.41) is 0.0176. The van der Waals surface area contributed by atoms with E-state index in [0.717, 1.165) is 5.56 Å². The molecule has 5 heteroatoms. The van der Waals surface area contributed by atoms with Crippen molar-refractivity contribution in [3.8, 4) is 11.5 Å². The monoisotopic (exact) mass is 271 g/mol. The van der Waals surface area contributed by atoms with Crippen molar-refractivity contribution in [3.05, 3.63) is 53.1 Å². The molecule has 0 N–H and O–H groups in total. The van der Waals surface area contributed by atoms with E-state index in [-0.39, 0.29) is 10.9 Å². The normalized spacial score (nSPS) is 10.3. The van der Waals surface area contributed by atoms with Crippen LogP contribution in [-0.2, 0) is 5.88 Å². The van der Waals surface area contributed by atoms with E-state index in [1.54, 1.807) is 18.5 Å². The molecule has 0 unspecified atom stereocenters. The number of rotatable bonds is 3. The van der Waals surface area contributed by atoms with Crippen molar-refractivity contribution in [2.24, 2.45) is 0 Å². The number of benzene rings is 1. The number of halogens is 3. The Kier molecular flexibility index (Phi) is 3.82. The number of pyridine rings is 1. The van der Waals surface area contributed by atoms with Gasteiger partial charge in [-0.25, -0.2) is 4.39 Å². The van der Waals surface area contributed by atoms with E-state index >= 15 is 0 Å². The molecule has 1 aromatic carbocycles. The molecule has 2 nitrogen and oxygen atoms in total. The Morgan fingerprint density at radius 1 is 1.29 bits per heavy atom. The highest BCUT2D eigenvalue weighted by atomic mass is 35.5. The summed E-state index contributed by atoms with van der Waals surface area (Å²) < 4.78 is 18.5. The summed E-state index contributed by atoms with van der Waals surface area (Å²) in [5.74, 6) is 0.843.